The number of hydrogen-bond donors (Lipinski definition) is 1. The quantitative estimate of drug-likeness (QED) is 0.637. The Kier molecular flexibility index (Phi) is 3.97. The van der Waals surface area contributed by atoms with Crippen molar-refractivity contribution in [3.05, 3.63) is 28.3 Å². The van der Waals surface area contributed by atoms with Gasteiger partial charge in [-0.3, -0.25) is 4.79 Å². The number of hydrogen-bond acceptors (Lipinski definition) is 3. The van der Waals surface area contributed by atoms with Gasteiger partial charge < -0.3 is 10.5 Å². The minimum atomic E-state index is -0.272. The average Bonchev–Trinajstić information content (AvgIpc) is 2.14. The first-order valence-corrected chi connectivity index (χ1v) is 5.12. The molecular formula is C11H14ClNO2. The van der Waals surface area contributed by atoms with Gasteiger partial charge in [-0.1, -0.05) is 17.7 Å². The van der Waals surface area contributed by atoms with E-state index < -0.39 is 0 Å². The molecule has 0 aliphatic rings. The lowest BCUT2D eigenvalue weighted by Crippen LogP contribution is -2.09. The molecule has 0 aromatic heterocycles. The first-order valence-electron chi connectivity index (χ1n) is 4.74. The first kappa shape index (κ1) is 11.9. The molecule has 0 fully saturated rings. The highest BCUT2D eigenvalue weighted by Gasteiger charge is 2.09. The molecule has 0 bridgehead atoms. The number of nitrogens with two attached hydrogens (primary N) is 1. The minimum absolute atomic E-state index is 0.192. The zero-order valence-electron chi connectivity index (χ0n) is 8.84. The van der Waals surface area contributed by atoms with Crippen LogP contribution >= 0.6 is 11.6 Å². The first-order chi connectivity index (χ1) is 7.04. The number of nitrogen functional groups attached to an aromatic ring is 1. The van der Waals surface area contributed by atoms with Crippen LogP contribution in [0, 0.1) is 6.92 Å². The number of carbonyl (C=O) groups excluding carboxylic acids is 1. The maximum absolute atomic E-state index is 11.3. The topological polar surface area (TPSA) is 52.3 Å². The third-order valence-electron chi connectivity index (χ3n) is 2.06. The lowest BCUT2D eigenvalue weighted by Gasteiger charge is -2.08. The van der Waals surface area contributed by atoms with E-state index in [0.29, 0.717) is 17.3 Å². The molecule has 0 amide bonds. The second-order valence-corrected chi connectivity index (χ2v) is 3.69. The number of rotatable bonds is 3. The predicted molar refractivity (Wildman–Crippen MR) is 60.9 cm³/mol. The van der Waals surface area contributed by atoms with Gasteiger partial charge in [0.05, 0.1) is 13.0 Å². The standard InChI is InChI=1S/C11H14ClNO2/c1-3-15-11(14)5-8-4-7(2)9(12)6-10(8)13/h4,6H,3,5,13H2,1-2H3. The molecule has 3 nitrogen and oxygen atoms in total. The maximum Gasteiger partial charge on any atom is 0.310 e. The van der Waals surface area contributed by atoms with Crippen molar-refractivity contribution in [3.8, 4) is 0 Å². The minimum Gasteiger partial charge on any atom is -0.466 e. The average molecular weight is 228 g/mol. The summed E-state index contributed by atoms with van der Waals surface area (Å²) in [6.07, 6.45) is 0.192. The molecule has 1 rings (SSSR count). The molecular weight excluding hydrogens is 214 g/mol. The maximum atomic E-state index is 11.3. The second kappa shape index (κ2) is 5.03. The number of aryl methyl sites for hydroxylation is 1. The summed E-state index contributed by atoms with van der Waals surface area (Å²) < 4.78 is 4.84. The molecule has 15 heavy (non-hydrogen) atoms. The number of carbonyl (C=O) groups is 1. The van der Waals surface area contributed by atoms with Crippen LogP contribution in [0.5, 0.6) is 0 Å². The second-order valence-electron chi connectivity index (χ2n) is 3.28. The van der Waals surface area contributed by atoms with Crippen molar-refractivity contribution >= 4 is 23.3 Å². The molecule has 0 heterocycles. The van der Waals surface area contributed by atoms with Crippen molar-refractivity contribution in [2.75, 3.05) is 12.3 Å². The molecule has 0 saturated carbocycles. The summed E-state index contributed by atoms with van der Waals surface area (Å²) >= 11 is 5.89. The fraction of sp³-hybridized carbons (Fsp3) is 0.364. The molecule has 0 atom stereocenters. The van der Waals surface area contributed by atoms with Gasteiger partial charge >= 0.3 is 5.97 Å². The van der Waals surface area contributed by atoms with E-state index in [0.717, 1.165) is 11.1 Å². The summed E-state index contributed by atoms with van der Waals surface area (Å²) in [5, 5.41) is 0.611. The molecule has 0 saturated heterocycles. The van der Waals surface area contributed by atoms with E-state index in [-0.39, 0.29) is 12.4 Å². The number of halogens is 1. The van der Waals surface area contributed by atoms with Gasteiger partial charge in [0.1, 0.15) is 0 Å². The Hall–Kier alpha value is -1.22. The van der Waals surface area contributed by atoms with Crippen LogP contribution in [0.4, 0.5) is 5.69 Å². The van der Waals surface area contributed by atoms with Gasteiger partial charge in [-0.25, -0.2) is 0 Å². The smallest absolute Gasteiger partial charge is 0.310 e. The Morgan fingerprint density at radius 1 is 1.53 bits per heavy atom. The van der Waals surface area contributed by atoms with Gasteiger partial charge in [0, 0.05) is 10.7 Å². The summed E-state index contributed by atoms with van der Waals surface area (Å²) in [5.74, 6) is -0.272. The van der Waals surface area contributed by atoms with Crippen molar-refractivity contribution in [3.63, 3.8) is 0 Å². The van der Waals surface area contributed by atoms with Crippen LogP contribution in [0.1, 0.15) is 18.1 Å². The Morgan fingerprint density at radius 3 is 2.80 bits per heavy atom. The largest absolute Gasteiger partial charge is 0.466 e. The zero-order chi connectivity index (χ0) is 11.4. The molecule has 0 radical (unpaired) electrons. The summed E-state index contributed by atoms with van der Waals surface area (Å²) in [6, 6.07) is 3.47. The van der Waals surface area contributed by atoms with E-state index in [2.05, 4.69) is 0 Å². The Bertz CT molecular complexity index is 377. The molecule has 0 aliphatic heterocycles. The molecule has 1 aromatic rings. The Morgan fingerprint density at radius 2 is 2.20 bits per heavy atom. The van der Waals surface area contributed by atoms with Crippen LogP contribution in [0.3, 0.4) is 0 Å². The van der Waals surface area contributed by atoms with Gasteiger partial charge in [0.25, 0.3) is 0 Å². The van der Waals surface area contributed by atoms with Crippen molar-refractivity contribution < 1.29 is 9.53 Å². The molecule has 0 aliphatic carbocycles. The molecule has 4 heteroatoms. The monoisotopic (exact) mass is 227 g/mol. The van der Waals surface area contributed by atoms with E-state index >= 15 is 0 Å². The van der Waals surface area contributed by atoms with Crippen LogP contribution < -0.4 is 5.73 Å². The molecule has 0 unspecified atom stereocenters. The normalized spacial score (nSPS) is 10.1. The fourth-order valence-corrected chi connectivity index (χ4v) is 1.45. The summed E-state index contributed by atoms with van der Waals surface area (Å²) in [5.41, 5.74) is 7.94. The van der Waals surface area contributed by atoms with Crippen LogP contribution in [-0.4, -0.2) is 12.6 Å². The van der Waals surface area contributed by atoms with Gasteiger partial charge in [-0.2, -0.15) is 0 Å². The molecule has 0 spiro atoms. The van der Waals surface area contributed by atoms with E-state index in [9.17, 15) is 4.79 Å². The summed E-state index contributed by atoms with van der Waals surface area (Å²) in [7, 11) is 0. The third-order valence-corrected chi connectivity index (χ3v) is 2.47. The predicted octanol–water partition coefficient (Wildman–Crippen LogP) is 2.34. The van der Waals surface area contributed by atoms with Gasteiger partial charge in [0.2, 0.25) is 0 Å². The zero-order valence-corrected chi connectivity index (χ0v) is 9.60. The van der Waals surface area contributed by atoms with E-state index in [4.69, 9.17) is 22.1 Å². The number of esters is 1. The van der Waals surface area contributed by atoms with Gasteiger partial charge in [-0.15, -0.1) is 0 Å². The highest BCUT2D eigenvalue weighted by molar-refractivity contribution is 6.31. The van der Waals surface area contributed by atoms with Gasteiger partial charge in [0.15, 0.2) is 0 Å². The van der Waals surface area contributed by atoms with Crippen LogP contribution in [0.2, 0.25) is 5.02 Å². The third kappa shape index (κ3) is 3.13. The Labute approximate surface area is 94.2 Å². The lowest BCUT2D eigenvalue weighted by molar-refractivity contribution is -0.142. The molecule has 1 aromatic carbocycles. The van der Waals surface area contributed by atoms with E-state index in [1.165, 1.54) is 0 Å². The van der Waals surface area contributed by atoms with Crippen molar-refractivity contribution in [1.29, 1.82) is 0 Å². The molecule has 2 N–H and O–H groups in total. The van der Waals surface area contributed by atoms with Crippen molar-refractivity contribution in [2.24, 2.45) is 0 Å². The highest BCUT2D eigenvalue weighted by atomic mass is 35.5. The van der Waals surface area contributed by atoms with E-state index in [1.807, 2.05) is 13.0 Å². The van der Waals surface area contributed by atoms with Crippen LogP contribution in [0.25, 0.3) is 0 Å². The highest BCUT2D eigenvalue weighted by Crippen LogP contribution is 2.23. The van der Waals surface area contributed by atoms with Crippen molar-refractivity contribution in [2.45, 2.75) is 20.3 Å². The van der Waals surface area contributed by atoms with Gasteiger partial charge in [-0.05, 0) is 31.0 Å². The molecule has 82 valence electrons. The SMILES string of the molecule is CCOC(=O)Cc1cc(C)c(Cl)cc1N. The van der Waals surface area contributed by atoms with Crippen LogP contribution in [0.15, 0.2) is 12.1 Å². The number of ether oxygens (including phenoxy) is 1. The van der Waals surface area contributed by atoms with E-state index in [1.54, 1.807) is 13.0 Å². The summed E-state index contributed by atoms with van der Waals surface area (Å²) in [6.45, 7) is 4.02. The summed E-state index contributed by atoms with van der Waals surface area (Å²) in [4.78, 5) is 11.3. The number of benzene rings is 1. The van der Waals surface area contributed by atoms with Crippen molar-refractivity contribution in [1.82, 2.24) is 0 Å². The lowest BCUT2D eigenvalue weighted by atomic mass is 10.1. The van der Waals surface area contributed by atoms with Crippen LogP contribution in [-0.2, 0) is 16.0 Å². The Balaban J connectivity index is 2.86. The fourth-order valence-electron chi connectivity index (χ4n) is 1.28. The number of anilines is 1.